The van der Waals surface area contributed by atoms with Crippen molar-refractivity contribution in [2.45, 2.75) is 32.4 Å². The van der Waals surface area contributed by atoms with Gasteiger partial charge in [-0.1, -0.05) is 23.5 Å². The van der Waals surface area contributed by atoms with E-state index >= 15 is 0 Å². The standard InChI is InChI=1S/C17H22N4O2S/c1-12(14-5-6-14)21(9-13-3-7-15(23-2)8-4-13)10-16(22)19-17-20-18-11-24-17/h3-4,7-8,11-12,14H,5-6,9-10H2,1-2H3,(H,19,20,22). The highest BCUT2D eigenvalue weighted by Crippen LogP contribution is 2.35. The first-order valence-corrected chi connectivity index (χ1v) is 8.96. The molecule has 1 atom stereocenters. The van der Waals surface area contributed by atoms with E-state index in [0.717, 1.165) is 12.3 Å². The van der Waals surface area contributed by atoms with E-state index in [1.807, 2.05) is 24.3 Å². The van der Waals surface area contributed by atoms with Crippen molar-refractivity contribution in [3.05, 3.63) is 35.3 Å². The lowest BCUT2D eigenvalue weighted by Gasteiger charge is -2.28. The van der Waals surface area contributed by atoms with E-state index in [1.165, 1.54) is 29.7 Å². The van der Waals surface area contributed by atoms with Crippen LogP contribution in [0.5, 0.6) is 5.75 Å². The van der Waals surface area contributed by atoms with Gasteiger partial charge in [-0.15, -0.1) is 10.2 Å². The number of hydrogen-bond donors (Lipinski definition) is 1. The Morgan fingerprint density at radius 2 is 2.17 bits per heavy atom. The van der Waals surface area contributed by atoms with Gasteiger partial charge in [-0.25, -0.2) is 0 Å². The fourth-order valence-corrected chi connectivity index (χ4v) is 3.22. The van der Waals surface area contributed by atoms with Crippen molar-refractivity contribution in [2.75, 3.05) is 19.0 Å². The minimum absolute atomic E-state index is 0.0484. The number of nitrogens with zero attached hydrogens (tertiary/aromatic N) is 3. The third kappa shape index (κ3) is 4.52. The van der Waals surface area contributed by atoms with Crippen LogP contribution < -0.4 is 10.1 Å². The third-order valence-electron chi connectivity index (χ3n) is 4.38. The van der Waals surface area contributed by atoms with Crippen molar-refractivity contribution in [1.29, 1.82) is 0 Å². The molecule has 0 spiro atoms. The molecule has 1 amide bonds. The van der Waals surface area contributed by atoms with Gasteiger partial charge in [0.1, 0.15) is 11.3 Å². The number of benzene rings is 1. The zero-order chi connectivity index (χ0) is 16.9. The van der Waals surface area contributed by atoms with Crippen LogP contribution in [0.25, 0.3) is 0 Å². The lowest BCUT2D eigenvalue weighted by atomic mass is 10.1. The summed E-state index contributed by atoms with van der Waals surface area (Å²) in [6.45, 7) is 3.30. The number of carbonyl (C=O) groups is 1. The first-order valence-electron chi connectivity index (χ1n) is 8.08. The molecule has 1 heterocycles. The molecule has 6 nitrogen and oxygen atoms in total. The van der Waals surface area contributed by atoms with Gasteiger partial charge >= 0.3 is 0 Å². The Balaban J connectivity index is 1.64. The summed E-state index contributed by atoms with van der Waals surface area (Å²) >= 11 is 1.33. The highest BCUT2D eigenvalue weighted by atomic mass is 32.1. The summed E-state index contributed by atoms with van der Waals surface area (Å²) in [5, 5.41) is 11.0. The summed E-state index contributed by atoms with van der Waals surface area (Å²) in [5.74, 6) is 1.49. The maximum absolute atomic E-state index is 12.3. The van der Waals surface area contributed by atoms with Crippen molar-refractivity contribution in [3.8, 4) is 5.75 Å². The Kier molecular flexibility index (Phi) is 5.42. The summed E-state index contributed by atoms with van der Waals surface area (Å²) in [7, 11) is 1.66. The van der Waals surface area contributed by atoms with Crippen LogP contribution in [0.2, 0.25) is 0 Å². The Hall–Kier alpha value is -1.99. The van der Waals surface area contributed by atoms with E-state index < -0.39 is 0 Å². The van der Waals surface area contributed by atoms with Crippen molar-refractivity contribution in [1.82, 2.24) is 15.1 Å². The Labute approximate surface area is 145 Å². The Morgan fingerprint density at radius 1 is 1.42 bits per heavy atom. The molecule has 3 rings (SSSR count). The van der Waals surface area contributed by atoms with Crippen molar-refractivity contribution >= 4 is 22.4 Å². The lowest BCUT2D eigenvalue weighted by molar-refractivity contribution is -0.118. The molecular formula is C17H22N4O2S. The highest BCUT2D eigenvalue weighted by molar-refractivity contribution is 7.13. The van der Waals surface area contributed by atoms with Gasteiger partial charge in [-0.2, -0.15) is 0 Å². The van der Waals surface area contributed by atoms with E-state index in [9.17, 15) is 4.79 Å². The van der Waals surface area contributed by atoms with E-state index in [-0.39, 0.29) is 5.91 Å². The summed E-state index contributed by atoms with van der Waals surface area (Å²) in [4.78, 5) is 14.6. The normalized spacial score (nSPS) is 15.3. The summed E-state index contributed by atoms with van der Waals surface area (Å²) in [6, 6.07) is 8.39. The van der Waals surface area contributed by atoms with Gasteiger partial charge in [0.2, 0.25) is 11.0 Å². The predicted molar refractivity (Wildman–Crippen MR) is 94.1 cm³/mol. The summed E-state index contributed by atoms with van der Waals surface area (Å²) < 4.78 is 5.20. The van der Waals surface area contributed by atoms with Crippen LogP contribution in [0.1, 0.15) is 25.3 Å². The second-order valence-electron chi connectivity index (χ2n) is 6.12. The molecule has 1 aliphatic carbocycles. The number of rotatable bonds is 8. The summed E-state index contributed by atoms with van der Waals surface area (Å²) in [6.07, 6.45) is 2.50. The second kappa shape index (κ2) is 7.72. The molecule has 1 unspecified atom stereocenters. The van der Waals surface area contributed by atoms with E-state index in [4.69, 9.17) is 4.74 Å². The van der Waals surface area contributed by atoms with E-state index in [2.05, 4.69) is 27.3 Å². The minimum atomic E-state index is -0.0484. The molecule has 0 radical (unpaired) electrons. The predicted octanol–water partition coefficient (Wildman–Crippen LogP) is 2.79. The topological polar surface area (TPSA) is 67.3 Å². The number of nitrogens with one attached hydrogen (secondary N) is 1. The van der Waals surface area contributed by atoms with E-state index in [0.29, 0.717) is 23.6 Å². The van der Waals surface area contributed by atoms with Gasteiger partial charge in [-0.3, -0.25) is 15.0 Å². The van der Waals surface area contributed by atoms with Crippen LogP contribution in [-0.2, 0) is 11.3 Å². The van der Waals surface area contributed by atoms with Crippen LogP contribution in [0.15, 0.2) is 29.8 Å². The maximum Gasteiger partial charge on any atom is 0.240 e. The molecule has 2 aromatic rings. The molecule has 7 heteroatoms. The monoisotopic (exact) mass is 346 g/mol. The number of aromatic nitrogens is 2. The number of carbonyl (C=O) groups excluding carboxylic acids is 1. The maximum atomic E-state index is 12.3. The Morgan fingerprint density at radius 3 is 2.75 bits per heavy atom. The highest BCUT2D eigenvalue weighted by Gasteiger charge is 2.32. The SMILES string of the molecule is COc1ccc(CN(CC(=O)Nc2nncs2)C(C)C2CC2)cc1. The number of hydrogen-bond acceptors (Lipinski definition) is 6. The van der Waals surface area contributed by atoms with Crippen LogP contribution in [0.4, 0.5) is 5.13 Å². The van der Waals surface area contributed by atoms with Gasteiger partial charge in [0.05, 0.1) is 13.7 Å². The molecular weight excluding hydrogens is 324 g/mol. The number of methoxy groups -OCH3 is 1. The average Bonchev–Trinajstić information content (AvgIpc) is 3.32. The van der Waals surface area contributed by atoms with Gasteiger partial charge in [0, 0.05) is 12.6 Å². The molecule has 1 aliphatic rings. The zero-order valence-corrected chi connectivity index (χ0v) is 14.8. The first kappa shape index (κ1) is 16.9. The van der Waals surface area contributed by atoms with Gasteiger partial charge < -0.3 is 4.74 Å². The van der Waals surface area contributed by atoms with Gasteiger partial charge in [0.25, 0.3) is 0 Å². The number of ether oxygens (including phenoxy) is 1. The molecule has 0 aliphatic heterocycles. The summed E-state index contributed by atoms with van der Waals surface area (Å²) in [5.41, 5.74) is 2.78. The molecule has 1 fully saturated rings. The van der Waals surface area contributed by atoms with Crippen LogP contribution >= 0.6 is 11.3 Å². The molecule has 24 heavy (non-hydrogen) atoms. The second-order valence-corrected chi connectivity index (χ2v) is 6.96. The van der Waals surface area contributed by atoms with Crippen molar-refractivity contribution in [3.63, 3.8) is 0 Å². The quantitative estimate of drug-likeness (QED) is 0.796. The molecule has 128 valence electrons. The fraction of sp³-hybridized carbons (Fsp3) is 0.471. The molecule has 1 aromatic carbocycles. The molecule has 1 saturated carbocycles. The fourth-order valence-electron chi connectivity index (χ4n) is 2.76. The first-order chi connectivity index (χ1) is 11.7. The number of amides is 1. The zero-order valence-electron chi connectivity index (χ0n) is 13.9. The lowest BCUT2D eigenvalue weighted by Crippen LogP contribution is -2.40. The average molecular weight is 346 g/mol. The van der Waals surface area contributed by atoms with Crippen LogP contribution in [0, 0.1) is 5.92 Å². The number of anilines is 1. The van der Waals surface area contributed by atoms with Gasteiger partial charge in [-0.05, 0) is 43.4 Å². The van der Waals surface area contributed by atoms with Crippen LogP contribution in [-0.4, -0.2) is 40.7 Å². The Bertz CT molecular complexity index is 656. The van der Waals surface area contributed by atoms with Crippen molar-refractivity contribution < 1.29 is 9.53 Å². The molecule has 0 bridgehead atoms. The molecule has 0 saturated heterocycles. The largest absolute Gasteiger partial charge is 0.497 e. The van der Waals surface area contributed by atoms with Gasteiger partial charge in [0.15, 0.2) is 0 Å². The molecule has 1 aromatic heterocycles. The third-order valence-corrected chi connectivity index (χ3v) is 4.98. The van der Waals surface area contributed by atoms with E-state index in [1.54, 1.807) is 12.6 Å². The molecule has 1 N–H and O–H groups in total. The van der Waals surface area contributed by atoms with Crippen molar-refractivity contribution in [2.24, 2.45) is 5.92 Å². The van der Waals surface area contributed by atoms with Crippen LogP contribution in [0.3, 0.4) is 0 Å². The smallest absolute Gasteiger partial charge is 0.240 e. The minimum Gasteiger partial charge on any atom is -0.497 e.